The van der Waals surface area contributed by atoms with Crippen LogP contribution >= 0.6 is 0 Å². The fraction of sp³-hybridized carbons (Fsp3) is 0.625. The summed E-state index contributed by atoms with van der Waals surface area (Å²) < 4.78 is 25.7. The van der Waals surface area contributed by atoms with E-state index in [9.17, 15) is 8.78 Å². The molecule has 1 aliphatic heterocycles. The molecule has 1 aromatic carbocycles. The lowest BCUT2D eigenvalue weighted by Crippen LogP contribution is -2.63. The number of nitrogens with one attached hydrogen (secondary N) is 1. The molecule has 2 atom stereocenters. The first kappa shape index (κ1) is 15.4. The largest absolute Gasteiger partial charge is 0.305 e. The zero-order valence-electron chi connectivity index (χ0n) is 12.4. The van der Waals surface area contributed by atoms with E-state index in [4.69, 9.17) is 0 Å². The van der Waals surface area contributed by atoms with Crippen LogP contribution in [0, 0.1) is 5.92 Å². The molecule has 1 aliphatic rings. The minimum absolute atomic E-state index is 0.146. The highest BCUT2D eigenvalue weighted by atomic mass is 19.3. The van der Waals surface area contributed by atoms with E-state index in [0.717, 1.165) is 12.1 Å². The van der Waals surface area contributed by atoms with Gasteiger partial charge in [0.05, 0.1) is 12.1 Å². The van der Waals surface area contributed by atoms with Crippen LogP contribution in [0.3, 0.4) is 0 Å². The first-order valence-corrected chi connectivity index (χ1v) is 7.25. The number of rotatable bonds is 4. The molecule has 0 bridgehead atoms. The van der Waals surface area contributed by atoms with Gasteiger partial charge < -0.3 is 5.32 Å². The molecular formula is C16H24F2N2. The summed E-state index contributed by atoms with van der Waals surface area (Å²) in [4.78, 5) is 1.94. The third kappa shape index (κ3) is 3.36. The molecule has 2 rings (SSSR count). The first-order valence-electron chi connectivity index (χ1n) is 7.25. The van der Waals surface area contributed by atoms with Gasteiger partial charge in [-0.25, -0.2) is 8.78 Å². The van der Waals surface area contributed by atoms with Crippen molar-refractivity contribution in [2.45, 2.75) is 38.8 Å². The Morgan fingerprint density at radius 1 is 1.30 bits per heavy atom. The smallest absolute Gasteiger partial charge is 0.251 e. The highest BCUT2D eigenvalue weighted by molar-refractivity contribution is 5.25. The summed E-state index contributed by atoms with van der Waals surface area (Å²) in [6, 6.07) is 10.2. The van der Waals surface area contributed by atoms with E-state index in [2.05, 4.69) is 38.2 Å². The topological polar surface area (TPSA) is 15.3 Å². The van der Waals surface area contributed by atoms with Gasteiger partial charge in [0, 0.05) is 19.1 Å². The molecule has 0 radical (unpaired) electrons. The van der Waals surface area contributed by atoms with Gasteiger partial charge in [-0.15, -0.1) is 0 Å². The lowest BCUT2D eigenvalue weighted by Gasteiger charge is -2.48. The van der Waals surface area contributed by atoms with Gasteiger partial charge in [-0.2, -0.15) is 0 Å². The van der Waals surface area contributed by atoms with Crippen LogP contribution in [0.2, 0.25) is 0 Å². The van der Waals surface area contributed by atoms with E-state index in [1.54, 1.807) is 0 Å². The molecule has 2 nitrogen and oxygen atoms in total. The maximum absolute atomic E-state index is 12.8. The van der Waals surface area contributed by atoms with Gasteiger partial charge in [0.25, 0.3) is 6.43 Å². The molecule has 0 amide bonds. The van der Waals surface area contributed by atoms with Crippen molar-refractivity contribution in [1.82, 2.24) is 10.2 Å². The number of halogens is 2. The minimum Gasteiger partial charge on any atom is -0.305 e. The first-order chi connectivity index (χ1) is 9.42. The summed E-state index contributed by atoms with van der Waals surface area (Å²) in [6.45, 7) is 7.50. The van der Waals surface area contributed by atoms with E-state index in [0.29, 0.717) is 12.5 Å². The summed E-state index contributed by atoms with van der Waals surface area (Å²) in [7, 11) is 0. The number of piperazine rings is 1. The van der Waals surface area contributed by atoms with E-state index in [-0.39, 0.29) is 18.1 Å². The molecule has 1 aromatic rings. The SMILES string of the molecule is CC(C)C1CNC(C)(c2ccccc2)CN1CC(F)F. The molecule has 1 heterocycles. The molecule has 1 fully saturated rings. The predicted molar refractivity (Wildman–Crippen MR) is 78.0 cm³/mol. The number of alkyl halides is 2. The number of benzene rings is 1. The van der Waals surface area contributed by atoms with Gasteiger partial charge in [0.2, 0.25) is 0 Å². The van der Waals surface area contributed by atoms with Crippen LogP contribution in [-0.4, -0.2) is 37.0 Å². The quantitative estimate of drug-likeness (QED) is 0.913. The van der Waals surface area contributed by atoms with Crippen molar-refractivity contribution < 1.29 is 8.78 Å². The van der Waals surface area contributed by atoms with Crippen molar-refractivity contribution in [3.63, 3.8) is 0 Å². The van der Waals surface area contributed by atoms with Crippen LogP contribution in [0.25, 0.3) is 0 Å². The van der Waals surface area contributed by atoms with Crippen molar-refractivity contribution >= 4 is 0 Å². The Kier molecular flexibility index (Phi) is 4.76. The maximum atomic E-state index is 12.8. The van der Waals surface area contributed by atoms with Crippen LogP contribution in [0.4, 0.5) is 8.78 Å². The van der Waals surface area contributed by atoms with Crippen LogP contribution in [0.15, 0.2) is 30.3 Å². The molecule has 2 unspecified atom stereocenters. The molecule has 1 saturated heterocycles. The molecule has 1 N–H and O–H groups in total. The van der Waals surface area contributed by atoms with Gasteiger partial charge in [-0.1, -0.05) is 44.2 Å². The molecule has 112 valence electrons. The Morgan fingerprint density at radius 2 is 1.95 bits per heavy atom. The summed E-state index contributed by atoms with van der Waals surface area (Å²) in [6.07, 6.45) is -2.28. The van der Waals surface area contributed by atoms with Gasteiger partial charge in [0.15, 0.2) is 0 Å². The highest BCUT2D eigenvalue weighted by Gasteiger charge is 2.38. The monoisotopic (exact) mass is 282 g/mol. The summed E-state index contributed by atoms with van der Waals surface area (Å²) in [5.41, 5.74) is 0.892. The van der Waals surface area contributed by atoms with Crippen LogP contribution < -0.4 is 5.32 Å². The fourth-order valence-corrected chi connectivity index (χ4v) is 3.07. The second-order valence-corrected chi connectivity index (χ2v) is 6.21. The van der Waals surface area contributed by atoms with Crippen LogP contribution in [0.1, 0.15) is 26.3 Å². The van der Waals surface area contributed by atoms with E-state index in [1.807, 2.05) is 23.1 Å². The Hall–Kier alpha value is -1.00. The molecule has 0 spiro atoms. The third-order valence-corrected chi connectivity index (χ3v) is 4.24. The van der Waals surface area contributed by atoms with E-state index in [1.165, 1.54) is 0 Å². The third-order valence-electron chi connectivity index (χ3n) is 4.24. The van der Waals surface area contributed by atoms with E-state index >= 15 is 0 Å². The normalized spacial score (nSPS) is 28.2. The average molecular weight is 282 g/mol. The number of hydrogen-bond donors (Lipinski definition) is 1. The van der Waals surface area contributed by atoms with Gasteiger partial charge in [-0.05, 0) is 18.4 Å². The van der Waals surface area contributed by atoms with Crippen molar-refractivity contribution in [2.75, 3.05) is 19.6 Å². The minimum atomic E-state index is -2.28. The van der Waals surface area contributed by atoms with Gasteiger partial charge >= 0.3 is 0 Å². The Bertz CT molecular complexity index is 422. The summed E-state index contributed by atoms with van der Waals surface area (Å²) >= 11 is 0. The van der Waals surface area contributed by atoms with Crippen molar-refractivity contribution in [1.29, 1.82) is 0 Å². The zero-order valence-corrected chi connectivity index (χ0v) is 12.4. The van der Waals surface area contributed by atoms with Gasteiger partial charge in [-0.3, -0.25) is 4.90 Å². The zero-order chi connectivity index (χ0) is 14.8. The highest BCUT2D eigenvalue weighted by Crippen LogP contribution is 2.28. The van der Waals surface area contributed by atoms with Crippen molar-refractivity contribution in [2.24, 2.45) is 5.92 Å². The molecular weight excluding hydrogens is 258 g/mol. The second-order valence-electron chi connectivity index (χ2n) is 6.21. The lowest BCUT2D eigenvalue weighted by atomic mass is 9.86. The van der Waals surface area contributed by atoms with Crippen molar-refractivity contribution in [3.8, 4) is 0 Å². The molecule has 0 saturated carbocycles. The summed E-state index contributed by atoms with van der Waals surface area (Å²) in [5.74, 6) is 0.363. The lowest BCUT2D eigenvalue weighted by molar-refractivity contribution is 0.00833. The molecule has 20 heavy (non-hydrogen) atoms. The van der Waals surface area contributed by atoms with E-state index < -0.39 is 6.43 Å². The fourth-order valence-electron chi connectivity index (χ4n) is 3.07. The predicted octanol–water partition coefficient (Wildman–Crippen LogP) is 3.10. The Morgan fingerprint density at radius 3 is 2.50 bits per heavy atom. The average Bonchev–Trinajstić information content (AvgIpc) is 2.39. The summed E-state index contributed by atoms with van der Waals surface area (Å²) in [5, 5.41) is 3.56. The molecule has 0 aliphatic carbocycles. The molecule has 0 aromatic heterocycles. The second kappa shape index (κ2) is 6.19. The Labute approximate surface area is 120 Å². The number of hydrogen-bond acceptors (Lipinski definition) is 2. The standard InChI is InChI=1S/C16H24F2N2/c1-12(2)14-9-19-16(3,11-20(14)10-15(17)18)13-7-5-4-6-8-13/h4-8,12,14-15,19H,9-11H2,1-3H3. The van der Waals surface area contributed by atoms with Crippen LogP contribution in [-0.2, 0) is 5.54 Å². The Balaban J connectivity index is 2.19. The number of nitrogens with zero attached hydrogens (tertiary/aromatic N) is 1. The molecule has 4 heteroatoms. The van der Waals surface area contributed by atoms with Gasteiger partial charge in [0.1, 0.15) is 0 Å². The van der Waals surface area contributed by atoms with Crippen molar-refractivity contribution in [3.05, 3.63) is 35.9 Å². The maximum Gasteiger partial charge on any atom is 0.251 e. The van der Waals surface area contributed by atoms with Crippen LogP contribution in [0.5, 0.6) is 0 Å².